The maximum Gasteiger partial charge on any atom is 0.408 e. The van der Waals surface area contributed by atoms with Crippen LogP contribution in [0.4, 0.5) is 4.79 Å². The lowest BCUT2D eigenvalue weighted by Gasteiger charge is -2.38. The van der Waals surface area contributed by atoms with Crippen LogP contribution in [0.15, 0.2) is 47.9 Å². The quantitative estimate of drug-likeness (QED) is 0.380. The van der Waals surface area contributed by atoms with Crippen molar-refractivity contribution >= 4 is 33.8 Å². The smallest absolute Gasteiger partial charge is 0.408 e. The number of benzene rings is 1. The van der Waals surface area contributed by atoms with Crippen molar-refractivity contribution in [3.63, 3.8) is 0 Å². The number of ether oxygens (including phenoxy) is 1. The Morgan fingerprint density at radius 2 is 1.67 bits per heavy atom. The van der Waals surface area contributed by atoms with Crippen LogP contribution in [-0.2, 0) is 29.1 Å². The van der Waals surface area contributed by atoms with E-state index in [-0.39, 0.29) is 28.6 Å². The fraction of sp³-hybridized carbons (Fsp3) is 0.613. The molecular formula is C31H44N4O7S. The number of nitrogens with zero attached hydrogens (tertiary/aromatic N) is 1. The highest BCUT2D eigenvalue weighted by atomic mass is 32.2. The minimum absolute atomic E-state index is 0.0481. The molecule has 1 aliphatic heterocycles. The summed E-state index contributed by atoms with van der Waals surface area (Å²) in [7, 11) is -4.19. The van der Waals surface area contributed by atoms with Crippen molar-refractivity contribution in [3.05, 3.63) is 43.0 Å². The number of nitrogens with one attached hydrogen (secondary N) is 3. The first-order valence-electron chi connectivity index (χ1n) is 14.5. The number of carbonyl (C=O) groups is 4. The highest BCUT2D eigenvalue weighted by Crippen LogP contribution is 2.65. The molecule has 4 amide bonds. The van der Waals surface area contributed by atoms with Gasteiger partial charge in [0.25, 0.3) is 15.9 Å². The van der Waals surface area contributed by atoms with Crippen molar-refractivity contribution in [3.8, 4) is 0 Å². The molecule has 0 radical (unpaired) electrons. The Morgan fingerprint density at radius 1 is 1.07 bits per heavy atom. The average molecular weight is 617 g/mol. The molecule has 6 atom stereocenters. The summed E-state index contributed by atoms with van der Waals surface area (Å²) in [5.41, 5.74) is -3.23. The normalized spacial score (nSPS) is 28.1. The Kier molecular flexibility index (Phi) is 8.04. The molecule has 1 heterocycles. The predicted molar refractivity (Wildman–Crippen MR) is 160 cm³/mol. The van der Waals surface area contributed by atoms with Crippen LogP contribution in [0.5, 0.6) is 0 Å². The van der Waals surface area contributed by atoms with Crippen LogP contribution >= 0.6 is 0 Å². The van der Waals surface area contributed by atoms with Gasteiger partial charge in [-0.2, -0.15) is 0 Å². The maximum atomic E-state index is 14.1. The monoisotopic (exact) mass is 616 g/mol. The molecule has 1 aromatic rings. The van der Waals surface area contributed by atoms with Crippen LogP contribution < -0.4 is 15.4 Å². The lowest BCUT2D eigenvalue weighted by Crippen LogP contribution is -2.61. The highest BCUT2D eigenvalue weighted by molar-refractivity contribution is 7.90. The highest BCUT2D eigenvalue weighted by Gasteiger charge is 2.71. The van der Waals surface area contributed by atoms with E-state index in [0.717, 1.165) is 0 Å². The lowest BCUT2D eigenvalue weighted by atomic mass is 9.85. The van der Waals surface area contributed by atoms with Gasteiger partial charge in [0.05, 0.1) is 4.90 Å². The van der Waals surface area contributed by atoms with Crippen molar-refractivity contribution < 1.29 is 32.3 Å². The third kappa shape index (κ3) is 6.30. The number of hydrogen-bond acceptors (Lipinski definition) is 7. The van der Waals surface area contributed by atoms with Gasteiger partial charge in [-0.1, -0.05) is 58.9 Å². The first kappa shape index (κ1) is 32.5. The van der Waals surface area contributed by atoms with Gasteiger partial charge in [0, 0.05) is 12.5 Å². The van der Waals surface area contributed by atoms with E-state index in [4.69, 9.17) is 4.74 Å². The summed E-state index contributed by atoms with van der Waals surface area (Å²) in [6.45, 7) is 18.7. The molecule has 2 saturated carbocycles. The number of piperidine rings is 1. The molecule has 43 heavy (non-hydrogen) atoms. The zero-order chi connectivity index (χ0) is 32.3. The molecule has 236 valence electrons. The van der Waals surface area contributed by atoms with Crippen molar-refractivity contribution in [2.45, 2.75) is 89.9 Å². The second kappa shape index (κ2) is 10.6. The van der Waals surface area contributed by atoms with Gasteiger partial charge in [-0.05, 0) is 62.0 Å². The number of carbonyl (C=O) groups excluding carboxylic acids is 4. The van der Waals surface area contributed by atoms with E-state index in [9.17, 15) is 27.6 Å². The Labute approximate surface area is 254 Å². The van der Waals surface area contributed by atoms with Crippen molar-refractivity contribution in [1.29, 1.82) is 0 Å². The molecule has 0 spiro atoms. The second-order valence-corrected chi connectivity index (χ2v) is 16.3. The van der Waals surface area contributed by atoms with Crippen LogP contribution in [0.3, 0.4) is 0 Å². The van der Waals surface area contributed by atoms with Gasteiger partial charge in [-0.25, -0.2) is 17.9 Å². The van der Waals surface area contributed by atoms with Gasteiger partial charge in [0.15, 0.2) is 0 Å². The number of fused-ring (bicyclic) bond motifs is 1. The van der Waals surface area contributed by atoms with Gasteiger partial charge in [-0.15, -0.1) is 6.58 Å². The molecule has 3 N–H and O–H groups in total. The zero-order valence-electron chi connectivity index (χ0n) is 26.2. The van der Waals surface area contributed by atoms with E-state index in [1.165, 1.54) is 23.1 Å². The number of rotatable bonds is 8. The maximum absolute atomic E-state index is 14.1. The number of hydrogen-bond donors (Lipinski definition) is 3. The first-order valence-corrected chi connectivity index (χ1v) is 16.0. The fourth-order valence-electron chi connectivity index (χ4n) is 6.25. The van der Waals surface area contributed by atoms with E-state index < -0.39 is 68.4 Å². The van der Waals surface area contributed by atoms with Crippen LogP contribution in [0.25, 0.3) is 0 Å². The van der Waals surface area contributed by atoms with E-state index in [1.807, 2.05) is 34.6 Å². The van der Waals surface area contributed by atoms with Crippen molar-refractivity contribution in [2.75, 3.05) is 6.54 Å². The molecular weight excluding hydrogens is 572 g/mol. The Balaban J connectivity index is 1.58. The minimum atomic E-state index is -4.19. The first-order chi connectivity index (χ1) is 19.7. The summed E-state index contributed by atoms with van der Waals surface area (Å²) in [6, 6.07) is 5.57. The predicted octanol–water partition coefficient (Wildman–Crippen LogP) is 2.97. The minimum Gasteiger partial charge on any atom is -0.444 e. The molecule has 3 aliphatic rings. The SMILES string of the molecule is C=CC1C[C@]1(NC(=O)[C@@H]1[C@@H]2[C@H](CN1C(=O)[C@@H](NC(=O)OC(C)(C)C)C(C)(C)C)C2(C)C)C(=O)NS(=O)(=O)c1ccccc1. The fourth-order valence-corrected chi connectivity index (χ4v) is 7.31. The third-order valence-electron chi connectivity index (χ3n) is 8.87. The zero-order valence-corrected chi connectivity index (χ0v) is 27.0. The molecule has 11 nitrogen and oxygen atoms in total. The molecule has 3 fully saturated rings. The van der Waals surface area contributed by atoms with Gasteiger partial charge in [0.1, 0.15) is 23.2 Å². The Hall–Kier alpha value is -3.41. The van der Waals surface area contributed by atoms with Gasteiger partial charge in [-0.3, -0.25) is 14.4 Å². The standard InChI is InChI=1S/C31H44N4O7S/c1-10-18-16-31(18,26(38)34-43(40,41)19-14-12-11-13-15-19)33-24(36)22-21-20(30(21,8)9)17-35(22)25(37)23(28(2,3)4)32-27(39)42-29(5,6)7/h10-15,18,20-23H,1,16-17H2,2-9H3,(H,32,39)(H,33,36)(H,34,38)/t18?,20-,21-,22-,23+,31+/m0/s1. The summed E-state index contributed by atoms with van der Waals surface area (Å²) in [5, 5.41) is 5.53. The lowest BCUT2D eigenvalue weighted by molar-refractivity contribution is -0.144. The Morgan fingerprint density at radius 3 is 2.19 bits per heavy atom. The van der Waals surface area contributed by atoms with Gasteiger partial charge >= 0.3 is 6.09 Å². The number of amides is 4. The summed E-state index contributed by atoms with van der Waals surface area (Å²) < 4.78 is 33.4. The average Bonchev–Trinajstić information content (AvgIpc) is 3.63. The van der Waals surface area contributed by atoms with E-state index in [1.54, 1.807) is 39.0 Å². The van der Waals surface area contributed by atoms with Crippen molar-refractivity contribution in [2.24, 2.45) is 28.6 Å². The van der Waals surface area contributed by atoms with E-state index >= 15 is 0 Å². The second-order valence-electron chi connectivity index (χ2n) is 14.6. The molecule has 1 aromatic carbocycles. The van der Waals surface area contributed by atoms with Crippen LogP contribution in [0.2, 0.25) is 0 Å². The molecule has 1 unspecified atom stereocenters. The number of sulfonamides is 1. The molecule has 1 saturated heterocycles. The van der Waals surface area contributed by atoms with Crippen molar-refractivity contribution in [1.82, 2.24) is 20.3 Å². The third-order valence-corrected chi connectivity index (χ3v) is 10.2. The molecule has 12 heteroatoms. The van der Waals surface area contributed by atoms with E-state index in [2.05, 4.69) is 21.9 Å². The van der Waals surface area contributed by atoms with Gasteiger partial charge in [0.2, 0.25) is 11.8 Å². The number of alkyl carbamates (subject to hydrolysis) is 1. The van der Waals surface area contributed by atoms with E-state index in [0.29, 0.717) is 6.54 Å². The molecule has 0 bridgehead atoms. The summed E-state index contributed by atoms with van der Waals surface area (Å²) >= 11 is 0. The van der Waals surface area contributed by atoms with Crippen LogP contribution in [0, 0.1) is 28.6 Å². The van der Waals surface area contributed by atoms with Crippen LogP contribution in [0.1, 0.15) is 61.8 Å². The van der Waals surface area contributed by atoms with Crippen LogP contribution in [-0.4, -0.2) is 66.9 Å². The molecule has 2 aliphatic carbocycles. The summed E-state index contributed by atoms with van der Waals surface area (Å²) in [5.74, 6) is -2.46. The number of likely N-dealkylation sites (tertiary alicyclic amines) is 1. The van der Waals surface area contributed by atoms with Gasteiger partial charge < -0.3 is 20.3 Å². The molecule has 0 aromatic heterocycles. The largest absolute Gasteiger partial charge is 0.444 e. The molecule has 4 rings (SSSR count). The topological polar surface area (TPSA) is 151 Å². The Bertz CT molecular complexity index is 1430. The summed E-state index contributed by atoms with van der Waals surface area (Å²) in [4.78, 5) is 55.7. The summed E-state index contributed by atoms with van der Waals surface area (Å²) in [6.07, 6.45) is 0.937.